The van der Waals surface area contributed by atoms with E-state index < -0.39 is 0 Å². The molecule has 4 aromatic carbocycles. The van der Waals surface area contributed by atoms with Crippen molar-refractivity contribution in [1.29, 1.82) is 0 Å². The van der Waals surface area contributed by atoms with Crippen LogP contribution < -0.4 is 18.9 Å². The molecule has 0 saturated heterocycles. The van der Waals surface area contributed by atoms with E-state index in [1.807, 2.05) is 18.2 Å². The molecule has 0 aromatic heterocycles. The summed E-state index contributed by atoms with van der Waals surface area (Å²) in [5.74, 6) is 4.00. The lowest BCUT2D eigenvalue weighted by Gasteiger charge is -2.28. The predicted octanol–water partition coefficient (Wildman–Crippen LogP) is 6.69. The van der Waals surface area contributed by atoms with Crippen LogP contribution >= 0.6 is 0 Å². The molecule has 1 aliphatic rings. The molecular formula is C29H30O4. The Kier molecular flexibility index (Phi) is 5.76. The fourth-order valence-electron chi connectivity index (χ4n) is 5.43. The molecule has 0 radical (unpaired) electrons. The molecular weight excluding hydrogens is 412 g/mol. The van der Waals surface area contributed by atoms with Gasteiger partial charge in [-0.05, 0) is 101 Å². The number of ether oxygens (including phenoxy) is 4. The molecule has 0 aliphatic heterocycles. The van der Waals surface area contributed by atoms with Crippen molar-refractivity contribution in [3.8, 4) is 23.0 Å². The lowest BCUT2D eigenvalue weighted by Crippen LogP contribution is -2.13. The normalized spacial score (nSPS) is 15.3. The largest absolute Gasteiger partial charge is 0.497 e. The zero-order chi connectivity index (χ0) is 22.9. The van der Waals surface area contributed by atoms with Crippen molar-refractivity contribution in [3.63, 3.8) is 0 Å². The van der Waals surface area contributed by atoms with Crippen LogP contribution in [0.1, 0.15) is 35.4 Å². The van der Waals surface area contributed by atoms with Gasteiger partial charge in [-0.3, -0.25) is 0 Å². The maximum absolute atomic E-state index is 5.92. The summed E-state index contributed by atoms with van der Waals surface area (Å²) in [7, 11) is 6.91. The number of rotatable bonds is 6. The second-order valence-corrected chi connectivity index (χ2v) is 8.69. The monoisotopic (exact) mass is 442 g/mol. The molecule has 1 atom stereocenters. The van der Waals surface area contributed by atoms with Gasteiger partial charge in [0.1, 0.15) is 23.0 Å². The molecule has 0 bridgehead atoms. The Bertz CT molecular complexity index is 1320. The summed E-state index contributed by atoms with van der Waals surface area (Å²) >= 11 is 0. The van der Waals surface area contributed by atoms with Crippen LogP contribution in [0.4, 0.5) is 0 Å². The number of hydrogen-bond donors (Lipinski definition) is 0. The third-order valence-electron chi connectivity index (χ3n) is 7.02. The highest BCUT2D eigenvalue weighted by Crippen LogP contribution is 2.44. The molecule has 0 N–H and O–H groups in total. The van der Waals surface area contributed by atoms with Gasteiger partial charge in [-0.1, -0.05) is 18.2 Å². The van der Waals surface area contributed by atoms with Crippen LogP contribution in [0.25, 0.3) is 21.5 Å². The van der Waals surface area contributed by atoms with E-state index in [2.05, 4.69) is 36.4 Å². The Morgan fingerprint density at radius 2 is 1.45 bits per heavy atom. The van der Waals surface area contributed by atoms with Gasteiger partial charge in [0.2, 0.25) is 0 Å². The van der Waals surface area contributed by atoms with E-state index in [-0.39, 0.29) is 0 Å². The first-order valence-corrected chi connectivity index (χ1v) is 11.5. The quantitative estimate of drug-likeness (QED) is 0.312. The zero-order valence-electron chi connectivity index (χ0n) is 19.7. The minimum atomic E-state index is 0.426. The Balaban J connectivity index is 1.65. The van der Waals surface area contributed by atoms with Crippen molar-refractivity contribution in [2.45, 2.75) is 31.6 Å². The van der Waals surface area contributed by atoms with Crippen molar-refractivity contribution in [1.82, 2.24) is 0 Å². The van der Waals surface area contributed by atoms with Crippen molar-refractivity contribution in [2.24, 2.45) is 0 Å². The maximum Gasteiger partial charge on any atom is 0.127 e. The van der Waals surface area contributed by atoms with Gasteiger partial charge in [0.25, 0.3) is 0 Å². The SMILES string of the molecule is COc1ccc(OC)c(CC2CCCc3c2ccc2c3c(OC)cc3cc(OC)ccc32)c1. The number of benzene rings is 4. The summed E-state index contributed by atoms with van der Waals surface area (Å²) in [5.41, 5.74) is 4.03. The van der Waals surface area contributed by atoms with Crippen molar-refractivity contribution in [3.05, 3.63) is 71.3 Å². The van der Waals surface area contributed by atoms with Gasteiger partial charge in [-0.25, -0.2) is 0 Å². The van der Waals surface area contributed by atoms with E-state index in [0.29, 0.717) is 5.92 Å². The first-order chi connectivity index (χ1) is 16.2. The van der Waals surface area contributed by atoms with Crippen LogP contribution in [0.2, 0.25) is 0 Å². The van der Waals surface area contributed by atoms with E-state index in [1.165, 1.54) is 32.8 Å². The average Bonchev–Trinajstić information content (AvgIpc) is 2.87. The third kappa shape index (κ3) is 3.74. The molecule has 0 amide bonds. The molecule has 1 unspecified atom stereocenters. The minimum absolute atomic E-state index is 0.426. The highest BCUT2D eigenvalue weighted by molar-refractivity contribution is 6.12. The van der Waals surface area contributed by atoms with Crippen LogP contribution in [0.15, 0.2) is 54.6 Å². The molecule has 4 nitrogen and oxygen atoms in total. The fraction of sp³-hybridized carbons (Fsp3) is 0.310. The van der Waals surface area contributed by atoms with Gasteiger partial charge in [0.15, 0.2) is 0 Å². The first kappa shape index (κ1) is 21.4. The van der Waals surface area contributed by atoms with Gasteiger partial charge in [-0.2, -0.15) is 0 Å². The van der Waals surface area contributed by atoms with Crippen LogP contribution in [0.5, 0.6) is 23.0 Å². The Hall–Kier alpha value is -3.40. The lowest BCUT2D eigenvalue weighted by molar-refractivity contribution is 0.396. The first-order valence-electron chi connectivity index (χ1n) is 11.5. The summed E-state index contributed by atoms with van der Waals surface area (Å²) in [6, 6.07) is 19.1. The van der Waals surface area contributed by atoms with Gasteiger partial charge in [-0.15, -0.1) is 0 Å². The van der Waals surface area contributed by atoms with E-state index in [0.717, 1.165) is 54.1 Å². The topological polar surface area (TPSA) is 36.9 Å². The fourth-order valence-corrected chi connectivity index (χ4v) is 5.43. The summed E-state index contributed by atoms with van der Waals surface area (Å²) in [5, 5.41) is 4.85. The molecule has 4 aromatic rings. The summed E-state index contributed by atoms with van der Waals surface area (Å²) in [4.78, 5) is 0. The van der Waals surface area contributed by atoms with Gasteiger partial charge in [0.05, 0.1) is 28.4 Å². The van der Waals surface area contributed by atoms with E-state index >= 15 is 0 Å². The molecule has 0 spiro atoms. The van der Waals surface area contributed by atoms with Crippen molar-refractivity contribution < 1.29 is 18.9 Å². The standard InChI is InChI=1S/C29H30O4/c1-30-21-8-10-24-19(15-21)17-28(33-4)29-25-7-5-6-18(23(25)11-12-26(24)29)14-20-16-22(31-2)9-13-27(20)32-3/h8-13,15-18H,5-7,14H2,1-4H3. The molecule has 0 heterocycles. The summed E-state index contributed by atoms with van der Waals surface area (Å²) in [6.45, 7) is 0. The van der Waals surface area contributed by atoms with E-state index in [9.17, 15) is 0 Å². The second kappa shape index (κ2) is 8.86. The third-order valence-corrected chi connectivity index (χ3v) is 7.02. The smallest absolute Gasteiger partial charge is 0.127 e. The van der Waals surface area contributed by atoms with Crippen LogP contribution in [0.3, 0.4) is 0 Å². The van der Waals surface area contributed by atoms with Gasteiger partial charge in [0, 0.05) is 5.39 Å². The van der Waals surface area contributed by atoms with Crippen LogP contribution in [-0.4, -0.2) is 28.4 Å². The number of methoxy groups -OCH3 is 4. The van der Waals surface area contributed by atoms with Gasteiger partial charge < -0.3 is 18.9 Å². The van der Waals surface area contributed by atoms with E-state index in [4.69, 9.17) is 18.9 Å². The summed E-state index contributed by atoms with van der Waals surface area (Å²) < 4.78 is 22.5. The average molecular weight is 443 g/mol. The molecule has 0 fully saturated rings. The van der Waals surface area contributed by atoms with Gasteiger partial charge >= 0.3 is 0 Å². The predicted molar refractivity (Wildman–Crippen MR) is 133 cm³/mol. The Morgan fingerprint density at radius 1 is 0.727 bits per heavy atom. The zero-order valence-corrected chi connectivity index (χ0v) is 19.7. The van der Waals surface area contributed by atoms with E-state index in [1.54, 1.807) is 28.4 Å². The maximum atomic E-state index is 5.92. The molecule has 170 valence electrons. The molecule has 33 heavy (non-hydrogen) atoms. The molecule has 0 saturated carbocycles. The van der Waals surface area contributed by atoms with Crippen LogP contribution in [-0.2, 0) is 12.8 Å². The highest BCUT2D eigenvalue weighted by Gasteiger charge is 2.25. The second-order valence-electron chi connectivity index (χ2n) is 8.69. The Morgan fingerprint density at radius 3 is 2.21 bits per heavy atom. The number of fused-ring (bicyclic) bond motifs is 5. The minimum Gasteiger partial charge on any atom is -0.497 e. The number of aryl methyl sites for hydroxylation is 1. The van der Waals surface area contributed by atoms with Crippen LogP contribution in [0, 0.1) is 0 Å². The highest BCUT2D eigenvalue weighted by atomic mass is 16.5. The molecule has 1 aliphatic carbocycles. The van der Waals surface area contributed by atoms with Crippen molar-refractivity contribution >= 4 is 21.5 Å². The molecule has 5 rings (SSSR count). The summed E-state index contributed by atoms with van der Waals surface area (Å²) in [6.07, 6.45) is 4.31. The van der Waals surface area contributed by atoms with Crippen molar-refractivity contribution in [2.75, 3.05) is 28.4 Å². The molecule has 4 heteroatoms. The number of hydrogen-bond acceptors (Lipinski definition) is 4. The lowest BCUT2D eigenvalue weighted by atomic mass is 9.77. The Labute approximate surface area is 195 Å².